The number of nitrogens with one attached hydrogen (secondary N) is 2. The van der Waals surface area contributed by atoms with Crippen LogP contribution in [0.2, 0.25) is 0 Å². The summed E-state index contributed by atoms with van der Waals surface area (Å²) >= 11 is 0. The molecule has 0 aromatic heterocycles. The summed E-state index contributed by atoms with van der Waals surface area (Å²) in [5.74, 6) is 0.236. The first kappa shape index (κ1) is 19.5. The van der Waals surface area contributed by atoms with Crippen molar-refractivity contribution in [2.45, 2.75) is 20.3 Å². The zero-order valence-corrected chi connectivity index (χ0v) is 15.9. The van der Waals surface area contributed by atoms with E-state index in [1.165, 1.54) is 0 Å². The molecule has 0 aliphatic carbocycles. The van der Waals surface area contributed by atoms with Gasteiger partial charge in [0.25, 0.3) is 11.8 Å². The van der Waals surface area contributed by atoms with Gasteiger partial charge in [0, 0.05) is 43.1 Å². The molecule has 2 rings (SSSR count). The Hall–Kier alpha value is -2.82. The van der Waals surface area contributed by atoms with E-state index in [1.54, 1.807) is 24.3 Å². The maximum Gasteiger partial charge on any atom is 0.255 e. The molecule has 0 heterocycles. The molecular weight excluding hydrogens is 326 g/mol. The van der Waals surface area contributed by atoms with Crippen LogP contribution in [0.25, 0.3) is 0 Å². The molecular formula is C21H27N3O2. The highest BCUT2D eigenvalue weighted by atomic mass is 16.2. The Balaban J connectivity index is 1.94. The molecule has 0 bridgehead atoms. The van der Waals surface area contributed by atoms with E-state index in [9.17, 15) is 9.59 Å². The van der Waals surface area contributed by atoms with Gasteiger partial charge in [0.1, 0.15) is 0 Å². The van der Waals surface area contributed by atoms with Crippen LogP contribution >= 0.6 is 0 Å². The van der Waals surface area contributed by atoms with Gasteiger partial charge in [0.05, 0.1) is 0 Å². The van der Waals surface area contributed by atoms with Crippen LogP contribution in [0.1, 0.15) is 41.0 Å². The van der Waals surface area contributed by atoms with E-state index in [2.05, 4.69) is 24.5 Å². The fourth-order valence-corrected chi connectivity index (χ4v) is 2.40. The smallest absolute Gasteiger partial charge is 0.255 e. The lowest BCUT2D eigenvalue weighted by Crippen LogP contribution is -2.25. The minimum Gasteiger partial charge on any atom is -0.378 e. The summed E-state index contributed by atoms with van der Waals surface area (Å²) in [7, 11) is 3.93. The van der Waals surface area contributed by atoms with Crippen LogP contribution in [0.5, 0.6) is 0 Å². The maximum absolute atomic E-state index is 12.3. The van der Waals surface area contributed by atoms with E-state index in [4.69, 9.17) is 0 Å². The van der Waals surface area contributed by atoms with Crippen molar-refractivity contribution in [2.24, 2.45) is 5.92 Å². The van der Waals surface area contributed by atoms with Crippen LogP contribution in [0.4, 0.5) is 11.4 Å². The van der Waals surface area contributed by atoms with Gasteiger partial charge in [-0.1, -0.05) is 13.8 Å². The predicted octanol–water partition coefficient (Wildman–Crippen LogP) is 3.78. The number of nitrogens with zero attached hydrogens (tertiary/aromatic N) is 1. The Morgan fingerprint density at radius 1 is 0.885 bits per heavy atom. The Kier molecular flexibility index (Phi) is 6.78. The van der Waals surface area contributed by atoms with Crippen molar-refractivity contribution >= 4 is 23.2 Å². The van der Waals surface area contributed by atoms with Crippen molar-refractivity contribution in [3.8, 4) is 0 Å². The molecule has 0 spiro atoms. The topological polar surface area (TPSA) is 61.4 Å². The van der Waals surface area contributed by atoms with Crippen molar-refractivity contribution in [1.82, 2.24) is 5.32 Å². The standard InChI is InChI=1S/C21H27N3O2/c1-15(2)13-14-22-20(25)16-5-7-17(8-6-16)21(26)23-18-9-11-19(12-10-18)24(3)4/h5-12,15H,13-14H2,1-4H3,(H,22,25)(H,23,26). The summed E-state index contributed by atoms with van der Waals surface area (Å²) in [5.41, 5.74) is 2.87. The minimum atomic E-state index is -0.200. The molecule has 2 aromatic rings. The zero-order chi connectivity index (χ0) is 19.1. The largest absolute Gasteiger partial charge is 0.378 e. The average Bonchev–Trinajstić information content (AvgIpc) is 2.62. The van der Waals surface area contributed by atoms with Gasteiger partial charge < -0.3 is 15.5 Å². The molecule has 0 aliphatic rings. The number of amides is 2. The zero-order valence-electron chi connectivity index (χ0n) is 15.9. The van der Waals surface area contributed by atoms with E-state index >= 15 is 0 Å². The van der Waals surface area contributed by atoms with Gasteiger partial charge in [-0.2, -0.15) is 0 Å². The number of rotatable bonds is 7. The molecule has 5 heteroatoms. The molecule has 0 aliphatic heterocycles. The summed E-state index contributed by atoms with van der Waals surface area (Å²) in [6.07, 6.45) is 0.943. The first-order chi connectivity index (χ1) is 12.4. The second-order valence-corrected chi connectivity index (χ2v) is 6.91. The average molecular weight is 353 g/mol. The minimum absolute atomic E-state index is 0.114. The SMILES string of the molecule is CC(C)CCNC(=O)c1ccc(C(=O)Nc2ccc(N(C)C)cc2)cc1. The van der Waals surface area contributed by atoms with Gasteiger partial charge >= 0.3 is 0 Å². The van der Waals surface area contributed by atoms with E-state index in [0.717, 1.165) is 17.8 Å². The highest BCUT2D eigenvalue weighted by molar-refractivity contribution is 6.05. The van der Waals surface area contributed by atoms with Crippen LogP contribution in [0, 0.1) is 5.92 Å². The fraction of sp³-hybridized carbons (Fsp3) is 0.333. The maximum atomic E-state index is 12.3. The Bertz CT molecular complexity index is 735. The summed E-state index contributed by atoms with van der Waals surface area (Å²) in [6.45, 7) is 4.89. The van der Waals surface area contributed by atoms with E-state index in [-0.39, 0.29) is 11.8 Å². The molecule has 2 N–H and O–H groups in total. The van der Waals surface area contributed by atoms with Gasteiger partial charge in [0.15, 0.2) is 0 Å². The summed E-state index contributed by atoms with van der Waals surface area (Å²) in [4.78, 5) is 26.4. The van der Waals surface area contributed by atoms with E-state index in [1.807, 2.05) is 43.3 Å². The number of hydrogen-bond acceptors (Lipinski definition) is 3. The van der Waals surface area contributed by atoms with Gasteiger partial charge in [-0.3, -0.25) is 9.59 Å². The van der Waals surface area contributed by atoms with Gasteiger partial charge in [-0.15, -0.1) is 0 Å². The van der Waals surface area contributed by atoms with Crippen LogP contribution in [0.3, 0.4) is 0 Å². The third-order valence-corrected chi connectivity index (χ3v) is 4.06. The lowest BCUT2D eigenvalue weighted by Gasteiger charge is -2.13. The predicted molar refractivity (Wildman–Crippen MR) is 107 cm³/mol. The quantitative estimate of drug-likeness (QED) is 0.796. The van der Waals surface area contributed by atoms with Crippen molar-refractivity contribution < 1.29 is 9.59 Å². The first-order valence-electron chi connectivity index (χ1n) is 8.84. The van der Waals surface area contributed by atoms with Crippen molar-refractivity contribution in [3.63, 3.8) is 0 Å². The normalized spacial score (nSPS) is 10.5. The van der Waals surface area contributed by atoms with Crippen molar-refractivity contribution in [1.29, 1.82) is 0 Å². The monoisotopic (exact) mass is 353 g/mol. The molecule has 0 saturated carbocycles. The van der Waals surface area contributed by atoms with Crippen LogP contribution in [0.15, 0.2) is 48.5 Å². The molecule has 26 heavy (non-hydrogen) atoms. The van der Waals surface area contributed by atoms with Crippen molar-refractivity contribution in [3.05, 3.63) is 59.7 Å². The molecule has 5 nitrogen and oxygen atoms in total. The number of anilines is 2. The highest BCUT2D eigenvalue weighted by Crippen LogP contribution is 2.16. The van der Waals surface area contributed by atoms with Gasteiger partial charge in [0.2, 0.25) is 0 Å². The summed E-state index contributed by atoms with van der Waals surface area (Å²) in [6, 6.07) is 14.3. The van der Waals surface area contributed by atoms with Crippen LogP contribution in [-0.2, 0) is 0 Å². The third kappa shape index (κ3) is 5.62. The van der Waals surface area contributed by atoms with Gasteiger partial charge in [-0.05, 0) is 60.9 Å². The number of hydrogen-bond donors (Lipinski definition) is 2. The summed E-state index contributed by atoms with van der Waals surface area (Å²) < 4.78 is 0. The first-order valence-corrected chi connectivity index (χ1v) is 8.84. The molecule has 0 fully saturated rings. The molecule has 0 unspecified atom stereocenters. The number of carbonyl (C=O) groups excluding carboxylic acids is 2. The lowest BCUT2D eigenvalue weighted by molar-refractivity contribution is 0.0950. The number of carbonyl (C=O) groups is 2. The van der Waals surface area contributed by atoms with E-state index in [0.29, 0.717) is 23.6 Å². The molecule has 0 radical (unpaired) electrons. The Labute approximate surface area is 155 Å². The number of benzene rings is 2. The van der Waals surface area contributed by atoms with Crippen LogP contribution < -0.4 is 15.5 Å². The molecule has 2 amide bonds. The summed E-state index contributed by atoms with van der Waals surface area (Å²) in [5, 5.41) is 5.75. The molecule has 0 atom stereocenters. The second-order valence-electron chi connectivity index (χ2n) is 6.91. The molecule has 0 saturated heterocycles. The molecule has 2 aromatic carbocycles. The Morgan fingerprint density at radius 3 is 1.92 bits per heavy atom. The molecule has 138 valence electrons. The van der Waals surface area contributed by atoms with Crippen LogP contribution in [-0.4, -0.2) is 32.5 Å². The third-order valence-electron chi connectivity index (χ3n) is 4.06. The second kappa shape index (κ2) is 9.04. The van der Waals surface area contributed by atoms with E-state index < -0.39 is 0 Å². The fourth-order valence-electron chi connectivity index (χ4n) is 2.40. The highest BCUT2D eigenvalue weighted by Gasteiger charge is 2.09. The Morgan fingerprint density at radius 2 is 1.42 bits per heavy atom. The van der Waals surface area contributed by atoms with Crippen molar-refractivity contribution in [2.75, 3.05) is 30.9 Å². The lowest BCUT2D eigenvalue weighted by atomic mass is 10.1. The van der Waals surface area contributed by atoms with Gasteiger partial charge in [-0.25, -0.2) is 0 Å².